The Morgan fingerprint density at radius 1 is 1.21 bits per heavy atom. The van der Waals surface area contributed by atoms with E-state index in [0.29, 0.717) is 36.4 Å². The van der Waals surface area contributed by atoms with Crippen LogP contribution in [0.1, 0.15) is 52.3 Å². The molecule has 0 spiro atoms. The third kappa shape index (κ3) is 5.68. The van der Waals surface area contributed by atoms with E-state index in [9.17, 15) is 9.59 Å². The van der Waals surface area contributed by atoms with Gasteiger partial charge in [-0.25, -0.2) is 4.98 Å². The second-order valence-corrected chi connectivity index (χ2v) is 7.18. The van der Waals surface area contributed by atoms with Gasteiger partial charge in [0.2, 0.25) is 5.91 Å². The van der Waals surface area contributed by atoms with Gasteiger partial charge < -0.3 is 14.8 Å². The van der Waals surface area contributed by atoms with Gasteiger partial charge in [0.1, 0.15) is 5.52 Å². The molecule has 6 nitrogen and oxygen atoms in total. The monoisotopic (exact) mass is 332 g/mol. The van der Waals surface area contributed by atoms with E-state index in [-0.39, 0.29) is 17.7 Å². The van der Waals surface area contributed by atoms with Crippen molar-refractivity contribution in [3.63, 3.8) is 0 Å². The lowest BCUT2D eigenvalue weighted by atomic mass is 9.92. The Labute approximate surface area is 141 Å². The maximum absolute atomic E-state index is 11.9. The molecule has 0 aliphatic rings. The molecule has 0 saturated carbocycles. The number of amides is 1. The number of nitrogens with zero attached hydrogens (tertiary/aromatic N) is 1. The zero-order valence-corrected chi connectivity index (χ0v) is 14.4. The number of hydrogen-bond acceptors (Lipinski definition) is 4. The van der Waals surface area contributed by atoms with Crippen molar-refractivity contribution in [2.24, 2.45) is 5.41 Å². The van der Waals surface area contributed by atoms with Crippen LogP contribution in [0.15, 0.2) is 22.6 Å². The molecule has 1 aromatic carbocycles. The minimum Gasteiger partial charge on any atom is -0.481 e. The predicted molar refractivity (Wildman–Crippen MR) is 91.9 cm³/mol. The van der Waals surface area contributed by atoms with E-state index >= 15 is 0 Å². The van der Waals surface area contributed by atoms with Crippen molar-refractivity contribution in [2.45, 2.75) is 52.9 Å². The highest BCUT2D eigenvalue weighted by atomic mass is 16.4. The van der Waals surface area contributed by atoms with Gasteiger partial charge in [0.25, 0.3) is 0 Å². The van der Waals surface area contributed by atoms with Crippen molar-refractivity contribution in [1.29, 1.82) is 0 Å². The number of nitrogens with one attached hydrogen (secondary N) is 1. The molecule has 0 atom stereocenters. The molecule has 0 aliphatic carbocycles. The van der Waals surface area contributed by atoms with E-state index < -0.39 is 5.97 Å². The molecule has 6 heteroatoms. The SMILES string of the molecule is CC(C)(C)Cc1nc2cc(NC(=O)CCCCC(=O)O)ccc2o1. The van der Waals surface area contributed by atoms with E-state index in [1.807, 2.05) is 0 Å². The summed E-state index contributed by atoms with van der Waals surface area (Å²) in [5.41, 5.74) is 2.18. The summed E-state index contributed by atoms with van der Waals surface area (Å²) < 4.78 is 5.73. The number of benzene rings is 1. The number of fused-ring (bicyclic) bond motifs is 1. The molecule has 0 fully saturated rings. The molecule has 2 N–H and O–H groups in total. The number of rotatable bonds is 7. The van der Waals surface area contributed by atoms with Crippen LogP contribution >= 0.6 is 0 Å². The first-order chi connectivity index (χ1) is 11.2. The maximum Gasteiger partial charge on any atom is 0.303 e. The normalized spacial score (nSPS) is 11.6. The first-order valence-corrected chi connectivity index (χ1v) is 8.14. The van der Waals surface area contributed by atoms with Crippen LogP contribution in [-0.2, 0) is 16.0 Å². The summed E-state index contributed by atoms with van der Waals surface area (Å²) in [7, 11) is 0. The van der Waals surface area contributed by atoms with Crippen molar-refractivity contribution in [3.05, 3.63) is 24.1 Å². The van der Waals surface area contributed by atoms with Crippen LogP contribution in [0.2, 0.25) is 0 Å². The molecular weight excluding hydrogens is 308 g/mol. The lowest BCUT2D eigenvalue weighted by Crippen LogP contribution is -2.11. The Morgan fingerprint density at radius 3 is 2.58 bits per heavy atom. The van der Waals surface area contributed by atoms with Gasteiger partial charge in [-0.1, -0.05) is 20.8 Å². The van der Waals surface area contributed by atoms with Crippen molar-refractivity contribution >= 4 is 28.7 Å². The predicted octanol–water partition coefficient (Wildman–Crippen LogP) is 4.00. The molecule has 2 aromatic rings. The number of aromatic nitrogens is 1. The lowest BCUT2D eigenvalue weighted by molar-refractivity contribution is -0.137. The number of hydrogen-bond donors (Lipinski definition) is 2. The van der Waals surface area contributed by atoms with E-state index in [2.05, 4.69) is 31.1 Å². The second-order valence-electron chi connectivity index (χ2n) is 7.18. The quantitative estimate of drug-likeness (QED) is 0.748. The maximum atomic E-state index is 11.9. The van der Waals surface area contributed by atoms with Gasteiger partial charge in [-0.3, -0.25) is 9.59 Å². The van der Waals surface area contributed by atoms with Gasteiger partial charge in [0.15, 0.2) is 11.5 Å². The van der Waals surface area contributed by atoms with Gasteiger partial charge in [-0.05, 0) is 36.5 Å². The number of anilines is 1. The zero-order valence-electron chi connectivity index (χ0n) is 14.4. The third-order valence-corrected chi connectivity index (χ3v) is 3.44. The van der Waals surface area contributed by atoms with E-state index in [4.69, 9.17) is 9.52 Å². The first-order valence-electron chi connectivity index (χ1n) is 8.14. The van der Waals surface area contributed by atoms with Gasteiger partial charge in [-0.2, -0.15) is 0 Å². The van der Waals surface area contributed by atoms with Crippen LogP contribution < -0.4 is 5.32 Å². The van der Waals surface area contributed by atoms with Crippen LogP contribution in [0.5, 0.6) is 0 Å². The molecule has 2 rings (SSSR count). The summed E-state index contributed by atoms with van der Waals surface area (Å²) in [4.78, 5) is 26.8. The fourth-order valence-electron chi connectivity index (χ4n) is 2.37. The summed E-state index contributed by atoms with van der Waals surface area (Å²) in [6.07, 6.45) is 2.20. The van der Waals surface area contributed by atoms with Crippen molar-refractivity contribution < 1.29 is 19.1 Å². The lowest BCUT2D eigenvalue weighted by Gasteiger charge is -2.14. The van der Waals surface area contributed by atoms with Gasteiger partial charge in [0, 0.05) is 24.9 Å². The number of aliphatic carboxylic acids is 1. The molecule has 130 valence electrons. The summed E-state index contributed by atoms with van der Waals surface area (Å²) in [6, 6.07) is 5.37. The Balaban J connectivity index is 1.95. The fourth-order valence-corrected chi connectivity index (χ4v) is 2.37. The molecule has 1 amide bonds. The zero-order chi connectivity index (χ0) is 17.7. The standard InChI is InChI=1S/C18H24N2O4/c1-18(2,3)11-16-20-13-10-12(8-9-14(13)24-16)19-15(21)6-4-5-7-17(22)23/h8-10H,4-7,11H2,1-3H3,(H,19,21)(H,22,23). The molecule has 24 heavy (non-hydrogen) atoms. The minimum absolute atomic E-state index is 0.0911. The van der Waals surface area contributed by atoms with Crippen molar-refractivity contribution in [1.82, 2.24) is 4.98 Å². The van der Waals surface area contributed by atoms with Crippen LogP contribution in [0, 0.1) is 5.41 Å². The number of carboxylic acids is 1. The number of carboxylic acid groups (broad SMARTS) is 1. The largest absolute Gasteiger partial charge is 0.481 e. The van der Waals surface area contributed by atoms with Crippen LogP contribution in [0.25, 0.3) is 11.1 Å². The molecule has 1 heterocycles. The number of carbonyl (C=O) groups is 2. The Kier molecular flexibility index (Phi) is 5.59. The van der Waals surface area contributed by atoms with E-state index in [1.54, 1.807) is 18.2 Å². The Bertz CT molecular complexity index is 728. The summed E-state index contributed by atoms with van der Waals surface area (Å²) in [5.74, 6) is -0.272. The average Bonchev–Trinajstić information content (AvgIpc) is 2.82. The Morgan fingerprint density at radius 2 is 1.92 bits per heavy atom. The molecule has 0 unspecified atom stereocenters. The molecule has 0 saturated heterocycles. The first kappa shape index (κ1) is 18.0. The third-order valence-electron chi connectivity index (χ3n) is 3.44. The van der Waals surface area contributed by atoms with Crippen LogP contribution in [0.4, 0.5) is 5.69 Å². The molecular formula is C18H24N2O4. The van der Waals surface area contributed by atoms with Gasteiger partial charge >= 0.3 is 5.97 Å². The second kappa shape index (κ2) is 7.47. The molecule has 1 aromatic heterocycles. The smallest absolute Gasteiger partial charge is 0.303 e. The molecule has 0 radical (unpaired) electrons. The summed E-state index contributed by atoms with van der Waals surface area (Å²) in [6.45, 7) is 6.37. The van der Waals surface area contributed by atoms with E-state index in [1.165, 1.54) is 0 Å². The highest BCUT2D eigenvalue weighted by molar-refractivity contribution is 5.92. The minimum atomic E-state index is -0.835. The van der Waals surface area contributed by atoms with Gasteiger partial charge in [-0.15, -0.1) is 0 Å². The Hall–Kier alpha value is -2.37. The number of oxazole rings is 1. The van der Waals surface area contributed by atoms with E-state index in [0.717, 1.165) is 11.9 Å². The highest BCUT2D eigenvalue weighted by Crippen LogP contribution is 2.25. The highest BCUT2D eigenvalue weighted by Gasteiger charge is 2.16. The topological polar surface area (TPSA) is 92.4 Å². The fraction of sp³-hybridized carbons (Fsp3) is 0.500. The number of unbranched alkanes of at least 4 members (excludes halogenated alkanes) is 1. The van der Waals surface area contributed by atoms with Gasteiger partial charge in [0.05, 0.1) is 0 Å². The van der Waals surface area contributed by atoms with Crippen LogP contribution in [0.3, 0.4) is 0 Å². The van der Waals surface area contributed by atoms with Crippen molar-refractivity contribution in [3.8, 4) is 0 Å². The van der Waals surface area contributed by atoms with Crippen molar-refractivity contribution in [2.75, 3.05) is 5.32 Å². The summed E-state index contributed by atoms with van der Waals surface area (Å²) >= 11 is 0. The summed E-state index contributed by atoms with van der Waals surface area (Å²) in [5, 5.41) is 11.4. The molecule has 0 bridgehead atoms. The molecule has 0 aliphatic heterocycles. The average molecular weight is 332 g/mol. The van der Waals surface area contributed by atoms with Crippen LogP contribution in [-0.4, -0.2) is 22.0 Å². The number of carbonyl (C=O) groups excluding carboxylic acids is 1.